The van der Waals surface area contributed by atoms with Crippen LogP contribution in [0, 0.1) is 10.1 Å². The van der Waals surface area contributed by atoms with Crippen molar-refractivity contribution < 1.29 is 29.0 Å². The standard InChI is InChI=1S/C12H16N2O7/c1-19-9-4-7(13-6-11(21-3)12(15)16)8(14(17)18)5-10(9)20-2/h4-5,11,13H,6H2,1-3H3,(H,15,16). The zero-order valence-electron chi connectivity index (χ0n) is 11.8. The number of aliphatic carboxylic acids is 1. The van der Waals surface area contributed by atoms with Gasteiger partial charge in [0.25, 0.3) is 5.69 Å². The van der Waals surface area contributed by atoms with Crippen LogP contribution in [0.3, 0.4) is 0 Å². The van der Waals surface area contributed by atoms with Crippen molar-refractivity contribution in [1.82, 2.24) is 0 Å². The van der Waals surface area contributed by atoms with Crippen molar-refractivity contribution in [2.24, 2.45) is 0 Å². The molecule has 0 spiro atoms. The summed E-state index contributed by atoms with van der Waals surface area (Å²) in [4.78, 5) is 21.3. The molecule has 0 amide bonds. The maximum Gasteiger partial charge on any atom is 0.334 e. The lowest BCUT2D eigenvalue weighted by atomic mass is 10.2. The summed E-state index contributed by atoms with van der Waals surface area (Å²) in [6, 6.07) is 2.56. The van der Waals surface area contributed by atoms with Gasteiger partial charge in [0, 0.05) is 13.2 Å². The summed E-state index contributed by atoms with van der Waals surface area (Å²) in [5.41, 5.74) is -0.145. The minimum Gasteiger partial charge on any atom is -0.493 e. The van der Waals surface area contributed by atoms with Crippen LogP contribution in [-0.4, -0.2) is 50.0 Å². The average molecular weight is 300 g/mol. The molecule has 0 fully saturated rings. The van der Waals surface area contributed by atoms with E-state index >= 15 is 0 Å². The Balaban J connectivity index is 3.09. The smallest absolute Gasteiger partial charge is 0.334 e. The molecule has 1 atom stereocenters. The lowest BCUT2D eigenvalue weighted by Crippen LogP contribution is -2.30. The van der Waals surface area contributed by atoms with E-state index in [2.05, 4.69) is 5.32 Å². The molecule has 0 aliphatic heterocycles. The SMILES string of the molecule is COc1cc(NCC(OC)C(=O)O)c([N+](=O)[O-])cc1OC. The molecule has 0 saturated heterocycles. The maximum atomic E-state index is 11.1. The Bertz CT molecular complexity index is 533. The number of carboxylic acids is 1. The number of nitrogens with zero attached hydrogens (tertiary/aromatic N) is 1. The Hall–Kier alpha value is -2.55. The number of rotatable bonds is 8. The molecule has 0 heterocycles. The van der Waals surface area contributed by atoms with Gasteiger partial charge in [0.05, 0.1) is 31.8 Å². The second-order valence-corrected chi connectivity index (χ2v) is 3.92. The third-order valence-corrected chi connectivity index (χ3v) is 2.74. The summed E-state index contributed by atoms with van der Waals surface area (Å²) >= 11 is 0. The fourth-order valence-electron chi connectivity index (χ4n) is 1.64. The highest BCUT2D eigenvalue weighted by Crippen LogP contribution is 2.37. The van der Waals surface area contributed by atoms with Crippen LogP contribution in [0.2, 0.25) is 0 Å². The topological polar surface area (TPSA) is 120 Å². The molecule has 1 unspecified atom stereocenters. The Morgan fingerprint density at radius 1 is 1.33 bits per heavy atom. The second kappa shape index (κ2) is 7.29. The molecule has 1 aromatic rings. The molecule has 1 aromatic carbocycles. The van der Waals surface area contributed by atoms with E-state index in [4.69, 9.17) is 19.3 Å². The van der Waals surface area contributed by atoms with E-state index in [0.29, 0.717) is 0 Å². The van der Waals surface area contributed by atoms with Crippen molar-refractivity contribution in [1.29, 1.82) is 0 Å². The fourth-order valence-corrected chi connectivity index (χ4v) is 1.64. The quantitative estimate of drug-likeness (QED) is 0.541. The van der Waals surface area contributed by atoms with Gasteiger partial charge in [-0.3, -0.25) is 10.1 Å². The van der Waals surface area contributed by atoms with Gasteiger partial charge in [-0.05, 0) is 0 Å². The number of benzene rings is 1. The lowest BCUT2D eigenvalue weighted by molar-refractivity contribution is -0.384. The third-order valence-electron chi connectivity index (χ3n) is 2.74. The van der Waals surface area contributed by atoms with Crippen LogP contribution < -0.4 is 14.8 Å². The van der Waals surface area contributed by atoms with Gasteiger partial charge in [-0.2, -0.15) is 0 Å². The highest BCUT2D eigenvalue weighted by molar-refractivity contribution is 5.74. The number of carboxylic acid groups (broad SMARTS) is 1. The van der Waals surface area contributed by atoms with Crippen LogP contribution in [0.1, 0.15) is 0 Å². The van der Waals surface area contributed by atoms with Gasteiger partial charge in [-0.1, -0.05) is 0 Å². The van der Waals surface area contributed by atoms with Crippen molar-refractivity contribution in [2.45, 2.75) is 6.10 Å². The van der Waals surface area contributed by atoms with E-state index in [0.717, 1.165) is 0 Å². The first kappa shape index (κ1) is 16.5. The first-order valence-corrected chi connectivity index (χ1v) is 5.84. The van der Waals surface area contributed by atoms with Crippen LogP contribution in [0.25, 0.3) is 0 Å². The van der Waals surface area contributed by atoms with Crippen molar-refractivity contribution in [3.63, 3.8) is 0 Å². The Morgan fingerprint density at radius 2 is 1.90 bits per heavy atom. The van der Waals surface area contributed by atoms with Crippen LogP contribution in [0.15, 0.2) is 12.1 Å². The predicted molar refractivity (Wildman–Crippen MR) is 73.1 cm³/mol. The monoisotopic (exact) mass is 300 g/mol. The van der Waals surface area contributed by atoms with Crippen LogP contribution in [0.4, 0.5) is 11.4 Å². The summed E-state index contributed by atoms with van der Waals surface area (Å²) in [5.74, 6) is -0.681. The predicted octanol–water partition coefficient (Wildman–Crippen LogP) is 1.12. The van der Waals surface area contributed by atoms with Crippen LogP contribution in [-0.2, 0) is 9.53 Å². The number of anilines is 1. The molecule has 1 rings (SSSR count). The molecule has 21 heavy (non-hydrogen) atoms. The minimum absolute atomic E-state index is 0.112. The second-order valence-electron chi connectivity index (χ2n) is 3.92. The largest absolute Gasteiger partial charge is 0.493 e. The molecule has 0 radical (unpaired) electrons. The Kier molecular flexibility index (Phi) is 5.73. The molecule has 0 aromatic heterocycles. The normalized spacial score (nSPS) is 11.6. The zero-order valence-corrected chi connectivity index (χ0v) is 11.8. The number of nitrogens with one attached hydrogen (secondary N) is 1. The first-order chi connectivity index (χ1) is 9.94. The molecular weight excluding hydrogens is 284 g/mol. The molecular formula is C12H16N2O7. The average Bonchev–Trinajstić information content (AvgIpc) is 2.46. The Morgan fingerprint density at radius 3 is 2.33 bits per heavy atom. The van der Waals surface area contributed by atoms with E-state index in [1.807, 2.05) is 0 Å². The lowest BCUT2D eigenvalue weighted by Gasteiger charge is -2.14. The van der Waals surface area contributed by atoms with Gasteiger partial charge in [0.2, 0.25) is 0 Å². The highest BCUT2D eigenvalue weighted by Gasteiger charge is 2.22. The van der Waals surface area contributed by atoms with E-state index in [1.165, 1.54) is 33.5 Å². The van der Waals surface area contributed by atoms with Gasteiger partial charge in [0.15, 0.2) is 17.6 Å². The molecule has 116 valence electrons. The summed E-state index contributed by atoms with van der Waals surface area (Å²) in [6.45, 7) is -0.137. The van der Waals surface area contributed by atoms with Gasteiger partial charge < -0.3 is 24.6 Å². The van der Waals surface area contributed by atoms with Crippen molar-refractivity contribution in [2.75, 3.05) is 33.2 Å². The number of ether oxygens (including phenoxy) is 3. The minimum atomic E-state index is -1.17. The summed E-state index contributed by atoms with van der Waals surface area (Å²) in [5, 5.41) is 22.6. The van der Waals surface area contributed by atoms with E-state index in [1.54, 1.807) is 0 Å². The number of methoxy groups -OCH3 is 3. The number of nitro benzene ring substituents is 1. The van der Waals surface area contributed by atoms with Gasteiger partial charge in [-0.15, -0.1) is 0 Å². The van der Waals surface area contributed by atoms with Crippen LogP contribution >= 0.6 is 0 Å². The van der Waals surface area contributed by atoms with Crippen LogP contribution in [0.5, 0.6) is 11.5 Å². The molecule has 2 N–H and O–H groups in total. The maximum absolute atomic E-state index is 11.1. The number of carbonyl (C=O) groups is 1. The molecule has 9 heteroatoms. The van der Waals surface area contributed by atoms with Gasteiger partial charge >= 0.3 is 5.97 Å². The number of hydrogen-bond acceptors (Lipinski definition) is 7. The summed E-state index contributed by atoms with van der Waals surface area (Å²) in [6.07, 6.45) is -1.13. The van der Waals surface area contributed by atoms with E-state index < -0.39 is 17.0 Å². The molecule has 0 aliphatic carbocycles. The number of nitro groups is 1. The van der Waals surface area contributed by atoms with Gasteiger partial charge in [0.1, 0.15) is 5.69 Å². The summed E-state index contributed by atoms with van der Waals surface area (Å²) in [7, 11) is 3.99. The molecule has 9 nitrogen and oxygen atoms in total. The zero-order chi connectivity index (χ0) is 16.0. The first-order valence-electron chi connectivity index (χ1n) is 5.84. The fraction of sp³-hybridized carbons (Fsp3) is 0.417. The molecule has 0 bridgehead atoms. The summed E-state index contributed by atoms with van der Waals surface area (Å²) < 4.78 is 14.8. The third kappa shape index (κ3) is 3.96. The van der Waals surface area contributed by atoms with Crippen molar-refractivity contribution in [3.05, 3.63) is 22.2 Å². The van der Waals surface area contributed by atoms with Gasteiger partial charge in [-0.25, -0.2) is 4.79 Å². The molecule has 0 aliphatic rings. The molecule has 0 saturated carbocycles. The van der Waals surface area contributed by atoms with Crippen molar-refractivity contribution in [3.8, 4) is 11.5 Å². The highest BCUT2D eigenvalue weighted by atomic mass is 16.6. The number of hydrogen-bond donors (Lipinski definition) is 2. The van der Waals surface area contributed by atoms with E-state index in [-0.39, 0.29) is 29.4 Å². The van der Waals surface area contributed by atoms with E-state index in [9.17, 15) is 14.9 Å². The Labute approximate surface area is 120 Å². The van der Waals surface area contributed by atoms with Crippen molar-refractivity contribution >= 4 is 17.3 Å².